The van der Waals surface area contributed by atoms with Crippen molar-refractivity contribution in [3.63, 3.8) is 0 Å². The van der Waals surface area contributed by atoms with Crippen LogP contribution >= 0.6 is 23.6 Å². The van der Waals surface area contributed by atoms with Gasteiger partial charge in [-0.3, -0.25) is 0 Å². The summed E-state index contributed by atoms with van der Waals surface area (Å²) in [5.41, 5.74) is 0. The Labute approximate surface area is 77.8 Å². The highest BCUT2D eigenvalue weighted by atomic mass is 35.5. The molecule has 0 aliphatic carbocycles. The Balaban J connectivity index is 3.32. The minimum absolute atomic E-state index is 0.762. The van der Waals surface area contributed by atoms with Crippen LogP contribution in [0.25, 0.3) is 0 Å². The van der Waals surface area contributed by atoms with Crippen LogP contribution in [-0.2, 0) is 0 Å². The first-order chi connectivity index (χ1) is 5.31. The molecule has 4 heteroatoms. The van der Waals surface area contributed by atoms with Crippen molar-refractivity contribution in [2.45, 2.75) is 32.6 Å². The first-order valence-electron chi connectivity index (χ1n) is 3.81. The van der Waals surface area contributed by atoms with E-state index in [2.05, 4.69) is 17.4 Å². The molecule has 0 saturated heterocycles. The Hall–Kier alpha value is -0.0400. The third kappa shape index (κ3) is 7.86. The van der Waals surface area contributed by atoms with Gasteiger partial charge in [0.25, 0.3) is 0 Å². The van der Waals surface area contributed by atoms with Crippen LogP contribution in [0.4, 0.5) is 0 Å². The summed E-state index contributed by atoms with van der Waals surface area (Å²) in [5, 5.41) is 0. The first-order valence-corrected chi connectivity index (χ1v) is 4.48. The van der Waals surface area contributed by atoms with Crippen molar-refractivity contribution < 1.29 is 4.09 Å². The van der Waals surface area contributed by atoms with Gasteiger partial charge in [0, 0.05) is 0 Å². The lowest BCUT2D eigenvalue weighted by molar-refractivity contribution is -0.365. The predicted molar refractivity (Wildman–Crippen MR) is 48.4 cm³/mol. The maximum Gasteiger partial charge on any atom is 0.348 e. The summed E-state index contributed by atoms with van der Waals surface area (Å²) in [7, 11) is 0. The van der Waals surface area contributed by atoms with Gasteiger partial charge in [-0.25, -0.2) is 0 Å². The second-order valence-corrected chi connectivity index (χ2v) is 2.91. The van der Waals surface area contributed by atoms with E-state index in [1.165, 1.54) is 23.4 Å². The van der Waals surface area contributed by atoms with Crippen molar-refractivity contribution in [1.29, 1.82) is 0 Å². The van der Waals surface area contributed by atoms with Crippen molar-refractivity contribution in [3.8, 4) is 0 Å². The van der Waals surface area contributed by atoms with Gasteiger partial charge in [0.05, 0.1) is 4.51 Å². The largest absolute Gasteiger partial charge is 0.348 e. The Morgan fingerprint density at radius 1 is 1.36 bits per heavy atom. The minimum Gasteiger partial charge on any atom is -0.117 e. The molecule has 2 nitrogen and oxygen atoms in total. The van der Waals surface area contributed by atoms with E-state index in [0.29, 0.717) is 0 Å². The summed E-state index contributed by atoms with van der Waals surface area (Å²) in [6.45, 7) is 2.93. The maximum absolute atomic E-state index is 5.60. The second kappa shape index (κ2) is 8.06. The maximum atomic E-state index is 5.60. The van der Waals surface area contributed by atoms with Crippen LogP contribution in [0.15, 0.2) is 4.51 Å². The highest BCUT2D eigenvalue weighted by Crippen LogP contribution is 1.99. The van der Waals surface area contributed by atoms with Crippen LogP contribution < -0.4 is 0 Å². The summed E-state index contributed by atoms with van der Waals surface area (Å²) >= 11 is 10.6. The zero-order chi connectivity index (χ0) is 8.53. The predicted octanol–water partition coefficient (Wildman–Crippen LogP) is 3.06. The van der Waals surface area contributed by atoms with Gasteiger partial charge in [0.1, 0.15) is 18.3 Å². The summed E-state index contributed by atoms with van der Waals surface area (Å²) in [6, 6.07) is 2.41. The molecule has 64 valence electrons. The third-order valence-electron chi connectivity index (χ3n) is 1.35. The number of halogens is 2. The number of hydrogen-bond donors (Lipinski definition) is 0. The second-order valence-electron chi connectivity index (χ2n) is 2.33. The molecule has 0 bridgehead atoms. The molecule has 0 unspecified atom stereocenters. The van der Waals surface area contributed by atoms with Crippen molar-refractivity contribution in [2.75, 3.05) is 6.54 Å². The van der Waals surface area contributed by atoms with E-state index in [9.17, 15) is 0 Å². The third-order valence-corrected chi connectivity index (χ3v) is 1.67. The van der Waals surface area contributed by atoms with E-state index >= 15 is 0 Å². The number of unbranched alkanes of at least 4 members (excludes halogenated alkanes) is 3. The summed E-state index contributed by atoms with van der Waals surface area (Å²) in [5.74, 6) is 0. The number of rotatable bonds is 5. The molecule has 11 heavy (non-hydrogen) atoms. The van der Waals surface area contributed by atoms with Gasteiger partial charge in [-0.1, -0.05) is 19.8 Å². The molecule has 0 fully saturated rings. The highest BCUT2D eigenvalue weighted by molar-refractivity contribution is 6.17. The fourth-order valence-corrected chi connectivity index (χ4v) is 1.06. The molecule has 0 atom stereocenters. The molecule has 0 rings (SSSR count). The molecule has 0 aliphatic heterocycles. The standard InChI is InChI=1S/C7H13Cl2N2/c1-2-3-4-5-6-11(9)7-10-8/h2-6H2,1H3/q+1. The van der Waals surface area contributed by atoms with E-state index in [1.807, 2.05) is 0 Å². The van der Waals surface area contributed by atoms with E-state index < -0.39 is 0 Å². The van der Waals surface area contributed by atoms with Gasteiger partial charge in [0.2, 0.25) is 11.8 Å². The summed E-state index contributed by atoms with van der Waals surface area (Å²) in [4.78, 5) is 0. The molecule has 0 heterocycles. The Bertz CT molecular complexity index is 151. The lowest BCUT2D eigenvalue weighted by atomic mass is 10.2. The van der Waals surface area contributed by atoms with Gasteiger partial charge < -0.3 is 0 Å². The highest BCUT2D eigenvalue weighted by Gasteiger charge is 1.94. The van der Waals surface area contributed by atoms with Crippen LogP contribution in [0.1, 0.15) is 32.6 Å². The zero-order valence-corrected chi connectivity index (χ0v) is 8.20. The lowest BCUT2D eigenvalue weighted by Gasteiger charge is -1.93. The lowest BCUT2D eigenvalue weighted by Crippen LogP contribution is -1.98. The molecule has 0 N–H and O–H groups in total. The summed E-state index contributed by atoms with van der Waals surface area (Å²) < 4.78 is 4.50. The van der Waals surface area contributed by atoms with Gasteiger partial charge in [0.15, 0.2) is 0 Å². The smallest absolute Gasteiger partial charge is 0.117 e. The molecule has 0 aromatic heterocycles. The Morgan fingerprint density at radius 2 is 2.09 bits per heavy atom. The SMILES string of the molecule is CCCCCC[N+](Cl)=C=NCl. The first kappa shape index (κ1) is 11.0. The van der Waals surface area contributed by atoms with Crippen LogP contribution in [-0.4, -0.2) is 16.6 Å². The average Bonchev–Trinajstić information content (AvgIpc) is 1.99. The van der Waals surface area contributed by atoms with Crippen LogP contribution in [0.3, 0.4) is 0 Å². The molecular formula is C7H13Cl2N2+. The Kier molecular flexibility index (Phi) is 8.03. The molecule has 0 radical (unpaired) electrons. The number of hydrogen-bond acceptors (Lipinski definition) is 1. The molecule has 0 saturated carbocycles. The summed E-state index contributed by atoms with van der Waals surface area (Å²) in [6.07, 6.45) is 4.75. The quantitative estimate of drug-likeness (QED) is 0.365. The number of nitrogens with zero attached hydrogens (tertiary/aromatic N) is 2. The van der Waals surface area contributed by atoms with Crippen LogP contribution in [0.2, 0.25) is 0 Å². The van der Waals surface area contributed by atoms with E-state index in [1.54, 1.807) is 0 Å². The Morgan fingerprint density at radius 3 is 2.64 bits per heavy atom. The van der Waals surface area contributed by atoms with Crippen LogP contribution in [0.5, 0.6) is 0 Å². The molecule has 0 amide bonds. The van der Waals surface area contributed by atoms with Crippen LogP contribution in [0, 0.1) is 0 Å². The fourth-order valence-electron chi connectivity index (χ4n) is 0.768. The molecule has 0 aliphatic rings. The molecular weight excluding hydrogens is 183 g/mol. The molecule has 0 spiro atoms. The van der Waals surface area contributed by atoms with Gasteiger partial charge in [-0.15, -0.1) is 4.09 Å². The fraction of sp³-hybridized carbons (Fsp3) is 0.857. The van der Waals surface area contributed by atoms with Gasteiger partial charge >= 0.3 is 6.01 Å². The van der Waals surface area contributed by atoms with Crippen molar-refractivity contribution in [3.05, 3.63) is 0 Å². The van der Waals surface area contributed by atoms with E-state index in [4.69, 9.17) is 23.6 Å². The van der Waals surface area contributed by atoms with Crippen molar-refractivity contribution in [2.24, 2.45) is 4.51 Å². The van der Waals surface area contributed by atoms with E-state index in [-0.39, 0.29) is 0 Å². The minimum atomic E-state index is 0.762. The van der Waals surface area contributed by atoms with E-state index in [0.717, 1.165) is 13.0 Å². The monoisotopic (exact) mass is 195 g/mol. The topological polar surface area (TPSA) is 15.4 Å². The van der Waals surface area contributed by atoms with Crippen molar-refractivity contribution >= 4 is 29.6 Å². The zero-order valence-electron chi connectivity index (χ0n) is 6.69. The van der Waals surface area contributed by atoms with Gasteiger partial charge in [-0.2, -0.15) is 0 Å². The average molecular weight is 196 g/mol. The van der Waals surface area contributed by atoms with Gasteiger partial charge in [-0.05, 0) is 12.8 Å². The normalized spacial score (nSPS) is 9.00. The molecule has 0 aromatic rings. The molecule has 0 aromatic carbocycles. The van der Waals surface area contributed by atoms with Crippen molar-refractivity contribution in [1.82, 2.24) is 0 Å².